The van der Waals surface area contributed by atoms with Gasteiger partial charge in [-0.2, -0.15) is 0 Å². The van der Waals surface area contributed by atoms with E-state index in [1.807, 2.05) is 13.0 Å². The molecule has 0 atom stereocenters. The highest BCUT2D eigenvalue weighted by atomic mass is 79.9. The Morgan fingerprint density at radius 1 is 1.38 bits per heavy atom. The van der Waals surface area contributed by atoms with Crippen LogP contribution in [0.25, 0.3) is 10.2 Å². The Bertz CT molecular complexity index is 980. The number of fused-ring (bicyclic) bond motifs is 1. The van der Waals surface area contributed by atoms with Crippen LogP contribution in [-0.4, -0.2) is 15.3 Å². The van der Waals surface area contributed by atoms with Crippen LogP contribution in [0.3, 0.4) is 0 Å². The molecular weight excluding hydrogens is 395 g/mol. The predicted molar refractivity (Wildman–Crippen MR) is 96.1 cm³/mol. The molecule has 1 aromatic carbocycles. The summed E-state index contributed by atoms with van der Waals surface area (Å²) in [5.41, 5.74) is 0.490. The minimum Gasteiger partial charge on any atom is -0.297 e. The molecule has 124 valence electrons. The number of carbonyl (C=O) groups excluding carboxylic acids is 1. The van der Waals surface area contributed by atoms with Crippen LogP contribution in [0.1, 0.15) is 17.4 Å². The van der Waals surface area contributed by atoms with Crippen molar-refractivity contribution in [3.63, 3.8) is 0 Å². The highest BCUT2D eigenvalue weighted by Crippen LogP contribution is 2.21. The fourth-order valence-electron chi connectivity index (χ4n) is 2.42. The van der Waals surface area contributed by atoms with E-state index in [0.29, 0.717) is 20.3 Å². The van der Waals surface area contributed by atoms with Gasteiger partial charge in [0.2, 0.25) is 0 Å². The zero-order valence-electron chi connectivity index (χ0n) is 12.9. The maximum absolute atomic E-state index is 13.2. The molecule has 7 heteroatoms. The Labute approximate surface area is 150 Å². The SMILES string of the molecule is CCc1cc2c(=O)n(CC(=O)Cc3ccc(F)c(Br)c3)cnc2s1. The van der Waals surface area contributed by atoms with Crippen molar-refractivity contribution in [3.05, 3.63) is 61.7 Å². The molecule has 3 rings (SSSR count). The highest BCUT2D eigenvalue weighted by molar-refractivity contribution is 9.10. The van der Waals surface area contributed by atoms with Gasteiger partial charge in [0.15, 0.2) is 5.78 Å². The maximum Gasteiger partial charge on any atom is 0.262 e. The number of aromatic nitrogens is 2. The van der Waals surface area contributed by atoms with Gasteiger partial charge in [-0.25, -0.2) is 9.37 Å². The monoisotopic (exact) mass is 408 g/mol. The number of Topliss-reactive ketones (excluding diaryl/α,β-unsaturated/α-hetero) is 1. The van der Waals surface area contributed by atoms with E-state index in [0.717, 1.165) is 11.3 Å². The Kier molecular flexibility index (Phi) is 4.91. The average Bonchev–Trinajstić information content (AvgIpc) is 2.98. The first-order valence-electron chi connectivity index (χ1n) is 7.41. The van der Waals surface area contributed by atoms with Gasteiger partial charge >= 0.3 is 0 Å². The number of nitrogens with zero attached hydrogens (tertiary/aromatic N) is 2. The first-order valence-corrected chi connectivity index (χ1v) is 9.02. The fourth-order valence-corrected chi connectivity index (χ4v) is 3.77. The van der Waals surface area contributed by atoms with Gasteiger partial charge < -0.3 is 0 Å². The molecule has 2 aromatic heterocycles. The van der Waals surface area contributed by atoms with E-state index in [1.165, 1.54) is 28.3 Å². The average molecular weight is 409 g/mol. The third-order valence-electron chi connectivity index (χ3n) is 3.65. The van der Waals surface area contributed by atoms with Gasteiger partial charge in [0, 0.05) is 11.3 Å². The van der Waals surface area contributed by atoms with Gasteiger partial charge in [-0.15, -0.1) is 11.3 Å². The van der Waals surface area contributed by atoms with E-state index < -0.39 is 0 Å². The van der Waals surface area contributed by atoms with E-state index in [1.54, 1.807) is 12.1 Å². The number of thiophene rings is 1. The van der Waals surface area contributed by atoms with E-state index in [9.17, 15) is 14.0 Å². The lowest BCUT2D eigenvalue weighted by Crippen LogP contribution is -2.25. The number of benzene rings is 1. The topological polar surface area (TPSA) is 52.0 Å². The molecule has 4 nitrogen and oxygen atoms in total. The molecule has 0 N–H and O–H groups in total. The molecule has 0 radical (unpaired) electrons. The van der Waals surface area contributed by atoms with Crippen LogP contribution in [0.15, 0.2) is 39.9 Å². The van der Waals surface area contributed by atoms with Crippen LogP contribution in [-0.2, 0) is 24.2 Å². The van der Waals surface area contributed by atoms with Crippen molar-refractivity contribution >= 4 is 43.3 Å². The molecule has 0 spiro atoms. The number of hydrogen-bond donors (Lipinski definition) is 0. The first kappa shape index (κ1) is 17.0. The first-order chi connectivity index (χ1) is 11.5. The van der Waals surface area contributed by atoms with Crippen LogP contribution in [0.4, 0.5) is 4.39 Å². The normalized spacial score (nSPS) is 11.1. The van der Waals surface area contributed by atoms with Crippen molar-refractivity contribution in [3.8, 4) is 0 Å². The summed E-state index contributed by atoms with van der Waals surface area (Å²) in [7, 11) is 0. The molecule has 0 bridgehead atoms. The van der Waals surface area contributed by atoms with Gasteiger partial charge in [0.25, 0.3) is 5.56 Å². The van der Waals surface area contributed by atoms with Gasteiger partial charge in [0.05, 0.1) is 22.7 Å². The molecule has 2 heterocycles. The number of ketones is 1. The zero-order valence-corrected chi connectivity index (χ0v) is 15.3. The minimum absolute atomic E-state index is 0.0475. The molecule has 0 aliphatic rings. The lowest BCUT2D eigenvalue weighted by atomic mass is 10.1. The van der Waals surface area contributed by atoms with Gasteiger partial charge in [-0.3, -0.25) is 14.2 Å². The minimum atomic E-state index is -0.374. The van der Waals surface area contributed by atoms with Crippen LogP contribution in [0.2, 0.25) is 0 Å². The summed E-state index contributed by atoms with van der Waals surface area (Å²) < 4.78 is 14.9. The molecule has 24 heavy (non-hydrogen) atoms. The maximum atomic E-state index is 13.2. The highest BCUT2D eigenvalue weighted by Gasteiger charge is 2.12. The van der Waals surface area contributed by atoms with E-state index >= 15 is 0 Å². The number of halogens is 2. The summed E-state index contributed by atoms with van der Waals surface area (Å²) >= 11 is 4.59. The summed E-state index contributed by atoms with van der Waals surface area (Å²) in [6.07, 6.45) is 2.39. The fraction of sp³-hybridized carbons (Fsp3) is 0.235. The summed E-state index contributed by atoms with van der Waals surface area (Å²) in [5.74, 6) is -0.510. The Hall–Kier alpha value is -1.86. The van der Waals surface area contributed by atoms with Crippen molar-refractivity contribution in [1.29, 1.82) is 0 Å². The predicted octanol–water partition coefficient (Wildman–Crippen LogP) is 3.73. The molecule has 0 saturated carbocycles. The molecule has 0 saturated heterocycles. The zero-order chi connectivity index (χ0) is 17.3. The number of rotatable bonds is 5. The summed E-state index contributed by atoms with van der Waals surface area (Å²) in [6.45, 7) is 1.97. The van der Waals surface area contributed by atoms with Crippen molar-refractivity contribution in [2.24, 2.45) is 0 Å². The second kappa shape index (κ2) is 6.94. The van der Waals surface area contributed by atoms with Crippen LogP contribution in [0.5, 0.6) is 0 Å². The van der Waals surface area contributed by atoms with Crippen molar-refractivity contribution < 1.29 is 9.18 Å². The van der Waals surface area contributed by atoms with Crippen molar-refractivity contribution in [2.75, 3.05) is 0 Å². The van der Waals surface area contributed by atoms with Gasteiger partial charge in [-0.05, 0) is 46.1 Å². The second-order valence-corrected chi connectivity index (χ2v) is 7.40. The molecule has 0 aliphatic carbocycles. The molecule has 0 fully saturated rings. The lowest BCUT2D eigenvalue weighted by Gasteiger charge is -2.05. The van der Waals surface area contributed by atoms with Gasteiger partial charge in [0.1, 0.15) is 10.6 Å². The van der Waals surface area contributed by atoms with Crippen LogP contribution in [0, 0.1) is 5.82 Å². The Morgan fingerprint density at radius 2 is 2.17 bits per heavy atom. The quantitative estimate of drug-likeness (QED) is 0.645. The largest absolute Gasteiger partial charge is 0.297 e. The third-order valence-corrected chi connectivity index (χ3v) is 5.44. The van der Waals surface area contributed by atoms with E-state index in [4.69, 9.17) is 0 Å². The third kappa shape index (κ3) is 3.47. The summed E-state index contributed by atoms with van der Waals surface area (Å²) in [5, 5.41) is 0.552. The summed E-state index contributed by atoms with van der Waals surface area (Å²) in [4.78, 5) is 30.8. The smallest absolute Gasteiger partial charge is 0.262 e. The number of carbonyl (C=O) groups is 1. The number of hydrogen-bond acceptors (Lipinski definition) is 4. The molecule has 0 unspecified atom stereocenters. The van der Waals surface area contributed by atoms with Crippen molar-refractivity contribution in [1.82, 2.24) is 9.55 Å². The Balaban J connectivity index is 1.81. The van der Waals surface area contributed by atoms with Crippen LogP contribution >= 0.6 is 27.3 Å². The summed E-state index contributed by atoms with van der Waals surface area (Å²) in [6, 6.07) is 6.29. The Morgan fingerprint density at radius 3 is 2.88 bits per heavy atom. The van der Waals surface area contributed by atoms with E-state index in [-0.39, 0.29) is 30.1 Å². The van der Waals surface area contributed by atoms with Crippen molar-refractivity contribution in [2.45, 2.75) is 26.3 Å². The van der Waals surface area contributed by atoms with Crippen LogP contribution < -0.4 is 5.56 Å². The van der Waals surface area contributed by atoms with Gasteiger partial charge in [-0.1, -0.05) is 13.0 Å². The second-order valence-electron chi connectivity index (χ2n) is 5.43. The molecule has 0 amide bonds. The molecule has 3 aromatic rings. The standard InChI is InChI=1S/C17H14BrFN2O2S/c1-2-12-7-13-16(24-12)20-9-21(17(13)23)8-11(22)5-10-3-4-15(19)14(18)6-10/h3-4,6-7,9H,2,5,8H2,1H3. The number of aryl methyl sites for hydroxylation is 1. The molecule has 0 aliphatic heterocycles. The lowest BCUT2D eigenvalue weighted by molar-refractivity contribution is -0.119. The molecular formula is C17H14BrFN2O2S. The van der Waals surface area contributed by atoms with E-state index in [2.05, 4.69) is 20.9 Å².